The third kappa shape index (κ3) is 3.90. The number of rotatable bonds is 1. The molecule has 2 N–H and O–H groups in total. The molecule has 1 aliphatic heterocycles. The van der Waals surface area contributed by atoms with E-state index in [1.54, 1.807) is 0 Å². The molecule has 1 heterocycles. The molecule has 6 nitrogen and oxygen atoms in total. The van der Waals surface area contributed by atoms with Gasteiger partial charge in [0.2, 0.25) is 5.91 Å². The number of carbonyl (C=O) groups excluding carboxylic acids is 3. The fraction of sp³-hybridized carbons (Fsp3) is 0.667. The normalized spacial score (nSPS) is 16.6. The lowest BCUT2D eigenvalue weighted by Crippen LogP contribution is -2.53. The van der Waals surface area contributed by atoms with Gasteiger partial charge in [-0.1, -0.05) is 0 Å². The number of halogens is 3. The van der Waals surface area contributed by atoms with E-state index >= 15 is 0 Å². The Morgan fingerprint density at radius 3 is 1.83 bits per heavy atom. The van der Waals surface area contributed by atoms with Gasteiger partial charge in [-0.3, -0.25) is 14.4 Å². The van der Waals surface area contributed by atoms with E-state index in [0.717, 1.165) is 9.80 Å². The van der Waals surface area contributed by atoms with Crippen LogP contribution in [0.15, 0.2) is 0 Å². The molecule has 0 bridgehead atoms. The first-order chi connectivity index (χ1) is 8.20. The molecule has 1 saturated heterocycles. The standard InChI is InChI=1S/C9H12F3N3O3/c10-9(11,12)5-6(16)14-1-3-15(4-2-14)8(18)7(13)17/h1-5H2,(H2,13,17). The summed E-state index contributed by atoms with van der Waals surface area (Å²) in [6, 6.07) is 0. The number of nitrogens with zero attached hydrogens (tertiary/aromatic N) is 2. The zero-order valence-electron chi connectivity index (χ0n) is 9.37. The van der Waals surface area contributed by atoms with Gasteiger partial charge in [0.15, 0.2) is 0 Å². The maximum absolute atomic E-state index is 12.0. The topological polar surface area (TPSA) is 83.7 Å². The van der Waals surface area contributed by atoms with E-state index in [0.29, 0.717) is 0 Å². The maximum atomic E-state index is 12.0. The minimum absolute atomic E-state index is 0.00533. The Morgan fingerprint density at radius 1 is 1.00 bits per heavy atom. The van der Waals surface area contributed by atoms with E-state index < -0.39 is 30.3 Å². The summed E-state index contributed by atoms with van der Waals surface area (Å²) >= 11 is 0. The van der Waals surface area contributed by atoms with Crippen LogP contribution in [-0.2, 0) is 14.4 Å². The first kappa shape index (κ1) is 14.3. The molecule has 18 heavy (non-hydrogen) atoms. The van der Waals surface area contributed by atoms with Crippen molar-refractivity contribution in [3.8, 4) is 0 Å². The van der Waals surface area contributed by atoms with Crippen molar-refractivity contribution in [2.45, 2.75) is 12.6 Å². The molecule has 102 valence electrons. The predicted molar refractivity (Wildman–Crippen MR) is 53.0 cm³/mol. The summed E-state index contributed by atoms with van der Waals surface area (Å²) in [4.78, 5) is 35.1. The van der Waals surface area contributed by atoms with Crippen LogP contribution < -0.4 is 5.73 Å². The first-order valence-electron chi connectivity index (χ1n) is 5.14. The summed E-state index contributed by atoms with van der Waals surface area (Å²) in [7, 11) is 0. The van der Waals surface area contributed by atoms with Gasteiger partial charge in [-0.25, -0.2) is 0 Å². The minimum Gasteiger partial charge on any atom is -0.361 e. The predicted octanol–water partition coefficient (Wildman–Crippen LogP) is -0.905. The number of alkyl halides is 3. The number of nitrogens with two attached hydrogens (primary N) is 1. The van der Waals surface area contributed by atoms with Gasteiger partial charge in [-0.2, -0.15) is 13.2 Å². The van der Waals surface area contributed by atoms with Crippen LogP contribution in [0.3, 0.4) is 0 Å². The monoisotopic (exact) mass is 267 g/mol. The van der Waals surface area contributed by atoms with Crippen molar-refractivity contribution in [2.75, 3.05) is 26.2 Å². The van der Waals surface area contributed by atoms with Crippen LogP contribution in [-0.4, -0.2) is 59.9 Å². The molecule has 0 atom stereocenters. The van der Waals surface area contributed by atoms with Gasteiger partial charge >= 0.3 is 18.0 Å². The van der Waals surface area contributed by atoms with Crippen LogP contribution >= 0.6 is 0 Å². The van der Waals surface area contributed by atoms with Crippen LogP contribution in [0.2, 0.25) is 0 Å². The fourth-order valence-electron chi connectivity index (χ4n) is 1.60. The molecule has 0 radical (unpaired) electrons. The van der Waals surface area contributed by atoms with Gasteiger partial charge in [0.1, 0.15) is 6.42 Å². The number of amides is 3. The number of hydrogen-bond acceptors (Lipinski definition) is 3. The average Bonchev–Trinajstić information content (AvgIpc) is 2.26. The zero-order chi connectivity index (χ0) is 13.9. The summed E-state index contributed by atoms with van der Waals surface area (Å²) < 4.78 is 36.0. The molecule has 0 aliphatic carbocycles. The summed E-state index contributed by atoms with van der Waals surface area (Å²) in [5.41, 5.74) is 4.79. The highest BCUT2D eigenvalue weighted by Crippen LogP contribution is 2.21. The smallest absolute Gasteiger partial charge is 0.361 e. The molecule has 0 aromatic heterocycles. The molecule has 0 aromatic rings. The molecule has 0 spiro atoms. The second-order valence-corrected chi connectivity index (χ2v) is 3.83. The van der Waals surface area contributed by atoms with E-state index in [4.69, 9.17) is 5.73 Å². The van der Waals surface area contributed by atoms with Gasteiger partial charge in [-0.05, 0) is 0 Å². The maximum Gasteiger partial charge on any atom is 0.397 e. The molecule has 1 fully saturated rings. The lowest BCUT2D eigenvalue weighted by Gasteiger charge is -2.34. The van der Waals surface area contributed by atoms with E-state index in [1.165, 1.54) is 0 Å². The highest BCUT2D eigenvalue weighted by Gasteiger charge is 2.35. The Labute approximate surface area is 100 Å². The van der Waals surface area contributed by atoms with Crippen LogP contribution in [0, 0.1) is 0 Å². The van der Waals surface area contributed by atoms with E-state index in [9.17, 15) is 27.6 Å². The van der Waals surface area contributed by atoms with Crippen molar-refractivity contribution in [3.63, 3.8) is 0 Å². The molecule has 1 rings (SSSR count). The number of hydrogen-bond donors (Lipinski definition) is 1. The van der Waals surface area contributed by atoms with Gasteiger partial charge in [0.25, 0.3) is 0 Å². The number of piperazine rings is 1. The van der Waals surface area contributed by atoms with Crippen molar-refractivity contribution >= 4 is 17.7 Å². The van der Waals surface area contributed by atoms with Crippen LogP contribution in [0.1, 0.15) is 6.42 Å². The van der Waals surface area contributed by atoms with Crippen LogP contribution in [0.25, 0.3) is 0 Å². The lowest BCUT2D eigenvalue weighted by atomic mass is 10.2. The zero-order valence-corrected chi connectivity index (χ0v) is 9.37. The Kier molecular flexibility index (Phi) is 4.15. The quantitative estimate of drug-likeness (QED) is 0.625. The molecule has 0 unspecified atom stereocenters. The summed E-state index contributed by atoms with van der Waals surface area (Å²) in [6.07, 6.45) is -6.06. The summed E-state index contributed by atoms with van der Waals surface area (Å²) in [6.45, 7) is -0.0569. The second-order valence-electron chi connectivity index (χ2n) is 3.83. The Hall–Kier alpha value is -1.80. The Bertz CT molecular complexity index is 362. The third-order valence-electron chi connectivity index (χ3n) is 2.48. The molecule has 0 saturated carbocycles. The largest absolute Gasteiger partial charge is 0.397 e. The molecule has 1 aliphatic rings. The fourth-order valence-corrected chi connectivity index (χ4v) is 1.60. The highest BCUT2D eigenvalue weighted by atomic mass is 19.4. The minimum atomic E-state index is -4.54. The van der Waals surface area contributed by atoms with Crippen molar-refractivity contribution in [1.82, 2.24) is 9.80 Å². The van der Waals surface area contributed by atoms with Gasteiger partial charge < -0.3 is 15.5 Å². The van der Waals surface area contributed by atoms with Gasteiger partial charge in [0.05, 0.1) is 0 Å². The molecular weight excluding hydrogens is 255 g/mol. The summed E-state index contributed by atoms with van der Waals surface area (Å²) in [5, 5.41) is 0. The Morgan fingerprint density at radius 2 is 1.44 bits per heavy atom. The molecule has 3 amide bonds. The SMILES string of the molecule is NC(=O)C(=O)N1CCN(C(=O)CC(F)(F)F)CC1. The first-order valence-corrected chi connectivity index (χ1v) is 5.14. The van der Waals surface area contributed by atoms with Crippen molar-refractivity contribution in [2.24, 2.45) is 5.73 Å². The Balaban J connectivity index is 2.47. The van der Waals surface area contributed by atoms with E-state index in [2.05, 4.69) is 0 Å². The van der Waals surface area contributed by atoms with Crippen LogP contribution in [0.5, 0.6) is 0 Å². The number of carbonyl (C=O) groups is 3. The number of primary amides is 1. The lowest BCUT2D eigenvalue weighted by molar-refractivity contribution is -0.163. The van der Waals surface area contributed by atoms with Crippen LogP contribution in [0.4, 0.5) is 13.2 Å². The van der Waals surface area contributed by atoms with Crippen molar-refractivity contribution in [1.29, 1.82) is 0 Å². The van der Waals surface area contributed by atoms with E-state index in [-0.39, 0.29) is 26.2 Å². The van der Waals surface area contributed by atoms with Gasteiger partial charge in [-0.15, -0.1) is 0 Å². The molecule has 0 aromatic carbocycles. The van der Waals surface area contributed by atoms with E-state index in [1.807, 2.05) is 0 Å². The van der Waals surface area contributed by atoms with Gasteiger partial charge in [0, 0.05) is 26.2 Å². The van der Waals surface area contributed by atoms with Crippen molar-refractivity contribution < 1.29 is 27.6 Å². The second kappa shape index (κ2) is 5.23. The molecule has 9 heteroatoms. The highest BCUT2D eigenvalue weighted by molar-refractivity contribution is 6.34. The summed E-state index contributed by atoms with van der Waals surface area (Å²) in [5.74, 6) is -3.04. The third-order valence-corrected chi connectivity index (χ3v) is 2.48. The van der Waals surface area contributed by atoms with Crippen molar-refractivity contribution in [3.05, 3.63) is 0 Å². The average molecular weight is 267 g/mol. The molecular formula is C9H12F3N3O3.